The van der Waals surface area contributed by atoms with Gasteiger partial charge in [-0.2, -0.15) is 25.3 Å². The Morgan fingerprint density at radius 1 is 0.597 bits per heavy atom. The fourth-order valence-corrected chi connectivity index (χ4v) is 5.94. The molecule has 0 bridgehead atoms. The van der Waals surface area contributed by atoms with Gasteiger partial charge in [0.1, 0.15) is 48.0 Å². The van der Waals surface area contributed by atoms with Crippen molar-refractivity contribution < 1.29 is 58.5 Å². The summed E-state index contributed by atoms with van der Waals surface area (Å²) < 4.78 is 0. The number of hydrogen-bond acceptors (Lipinski definition) is 16. The number of nitrogens with one attached hydrogen (secondary N) is 8. The number of aromatic hydroxyl groups is 1. The summed E-state index contributed by atoms with van der Waals surface area (Å²) in [5.41, 5.74) is 27.7. The number of aliphatic imine (C=N–C) groups is 2. The molecule has 0 saturated heterocycles. The molecule has 0 aliphatic carbocycles. The molecule has 0 aliphatic heterocycles. The summed E-state index contributed by atoms with van der Waals surface area (Å²) in [5, 5.41) is 48.3. The number of thiol groups is 2. The summed E-state index contributed by atoms with van der Waals surface area (Å²) in [6.07, 6.45) is -0.193. The maximum atomic E-state index is 13.8. The second-order valence-electron chi connectivity index (χ2n) is 14.8. The van der Waals surface area contributed by atoms with E-state index >= 15 is 0 Å². The third-order valence-electron chi connectivity index (χ3n) is 9.26. The molecular formula is C38H63N15O12S2. The molecule has 1 aromatic carbocycles. The molecule has 27 nitrogen and oxygen atoms in total. The molecule has 0 saturated carbocycles. The Labute approximate surface area is 396 Å². The maximum absolute atomic E-state index is 13.8. The number of hydrogen-bond donors (Lipinski definition) is 18. The normalized spacial score (nSPS) is 14.3. The van der Waals surface area contributed by atoms with Crippen LogP contribution in [0.2, 0.25) is 0 Å². The highest BCUT2D eigenvalue weighted by Gasteiger charge is 2.32. The summed E-state index contributed by atoms with van der Waals surface area (Å²) in [7, 11) is 0. The number of carbonyl (C=O) groups is 9. The molecule has 21 N–H and O–H groups in total. The molecule has 374 valence electrons. The highest BCUT2D eigenvalue weighted by molar-refractivity contribution is 7.80. The lowest BCUT2D eigenvalue weighted by Gasteiger charge is -2.26. The van der Waals surface area contributed by atoms with Gasteiger partial charge in [0.15, 0.2) is 11.9 Å². The van der Waals surface area contributed by atoms with Crippen molar-refractivity contribution in [3.63, 3.8) is 0 Å². The highest BCUT2D eigenvalue weighted by Crippen LogP contribution is 2.12. The third kappa shape index (κ3) is 22.9. The molecule has 0 unspecified atom stereocenters. The zero-order valence-electron chi connectivity index (χ0n) is 36.9. The van der Waals surface area contributed by atoms with E-state index in [2.05, 4.69) is 77.8 Å². The van der Waals surface area contributed by atoms with Crippen molar-refractivity contribution in [3.05, 3.63) is 29.8 Å². The number of carboxylic acid groups (broad SMARTS) is 1. The zero-order chi connectivity index (χ0) is 50.8. The van der Waals surface area contributed by atoms with Gasteiger partial charge in [-0.15, -0.1) is 0 Å². The second-order valence-corrected chi connectivity index (χ2v) is 15.5. The van der Waals surface area contributed by atoms with Crippen molar-refractivity contribution in [2.45, 2.75) is 94.3 Å². The van der Waals surface area contributed by atoms with Gasteiger partial charge in [0.2, 0.25) is 47.3 Å². The Kier molecular flexibility index (Phi) is 26.7. The lowest BCUT2D eigenvalue weighted by atomic mass is 10.0. The molecule has 1 rings (SSSR count). The fraction of sp³-hybridized carbons (Fsp3) is 0.553. The van der Waals surface area contributed by atoms with E-state index in [0.29, 0.717) is 5.56 Å². The first kappa shape index (κ1) is 58.4. The number of aliphatic hydroxyl groups excluding tert-OH is 1. The van der Waals surface area contributed by atoms with Gasteiger partial charge in [-0.05, 0) is 57.2 Å². The van der Waals surface area contributed by atoms with E-state index in [0.717, 1.165) is 0 Å². The number of carbonyl (C=O) groups excluding carboxylic acids is 8. The number of guanidine groups is 2. The number of benzene rings is 1. The van der Waals surface area contributed by atoms with Crippen LogP contribution in [-0.4, -0.2) is 167 Å². The van der Waals surface area contributed by atoms with E-state index in [1.165, 1.54) is 38.1 Å². The lowest BCUT2D eigenvalue weighted by Crippen LogP contribution is -2.60. The predicted molar refractivity (Wildman–Crippen MR) is 250 cm³/mol. The number of nitrogens with two attached hydrogens (primary N) is 5. The minimum absolute atomic E-state index is 0.00623. The zero-order valence-corrected chi connectivity index (χ0v) is 38.7. The average Bonchev–Trinajstić information content (AvgIpc) is 3.27. The van der Waals surface area contributed by atoms with E-state index in [9.17, 15) is 58.5 Å². The Hall–Kier alpha value is -6.59. The second kappa shape index (κ2) is 30.6. The molecule has 29 heteroatoms. The van der Waals surface area contributed by atoms with Crippen LogP contribution < -0.4 is 71.2 Å². The Morgan fingerprint density at radius 3 is 1.54 bits per heavy atom. The summed E-state index contributed by atoms with van der Waals surface area (Å²) in [6.45, 7) is 0.953. The molecule has 8 amide bonds. The molecule has 0 aromatic heterocycles. The summed E-state index contributed by atoms with van der Waals surface area (Å²) in [5.74, 6) is -9.30. The molecule has 0 spiro atoms. The number of carboxylic acids is 1. The molecule has 0 heterocycles. The number of aliphatic hydroxyl groups is 1. The van der Waals surface area contributed by atoms with E-state index in [1.54, 1.807) is 0 Å². The first-order valence-electron chi connectivity index (χ1n) is 20.6. The van der Waals surface area contributed by atoms with Gasteiger partial charge in [0, 0.05) is 31.0 Å². The van der Waals surface area contributed by atoms with Gasteiger partial charge in [-0.3, -0.25) is 48.3 Å². The van der Waals surface area contributed by atoms with Crippen molar-refractivity contribution in [2.24, 2.45) is 38.7 Å². The average molecular weight is 986 g/mol. The molecular weight excluding hydrogens is 923 g/mol. The maximum Gasteiger partial charge on any atom is 0.327 e. The molecule has 0 fully saturated rings. The monoisotopic (exact) mass is 985 g/mol. The van der Waals surface area contributed by atoms with Crippen LogP contribution >= 0.6 is 25.3 Å². The van der Waals surface area contributed by atoms with E-state index in [1.807, 2.05) is 0 Å². The minimum Gasteiger partial charge on any atom is -0.508 e. The highest BCUT2D eigenvalue weighted by atomic mass is 32.1. The van der Waals surface area contributed by atoms with Gasteiger partial charge < -0.3 is 86.5 Å². The third-order valence-corrected chi connectivity index (χ3v) is 10.0. The molecule has 67 heavy (non-hydrogen) atoms. The van der Waals surface area contributed by atoms with E-state index < -0.39 is 115 Å². The molecule has 0 radical (unpaired) electrons. The number of aliphatic carboxylic acids is 1. The van der Waals surface area contributed by atoms with Crippen LogP contribution in [0.1, 0.15) is 45.1 Å². The van der Waals surface area contributed by atoms with Gasteiger partial charge in [0.25, 0.3) is 0 Å². The Bertz CT molecular complexity index is 1920. The van der Waals surface area contributed by atoms with E-state index in [4.69, 9.17) is 28.7 Å². The molecule has 1 aromatic rings. The van der Waals surface area contributed by atoms with Crippen molar-refractivity contribution in [3.8, 4) is 5.75 Å². The predicted octanol–water partition coefficient (Wildman–Crippen LogP) is -7.14. The van der Waals surface area contributed by atoms with Crippen LogP contribution in [0.4, 0.5) is 0 Å². The standard InChI is InChI=1S/C38H63N15O12S2/c1-18(47-31(59)22(39)16-66)29(57)46-14-28(56)49-23(5-3-11-44-37(40)41)32(60)50-24(6-4-12-45-38(42)43)33(61)52-26(15-54)35(63)48-19(2)30(58)51-25(13-20-7-9-21(55)10-8-20)34(62)53-27(17-67)36(64)65/h7-10,18-19,22-27,54-55,66-67H,3-6,11-17,39H2,1-2H3,(H,46,57)(H,47,59)(H,48,63)(H,49,56)(H,50,60)(H,51,58)(H,52,61)(H,53,62)(H,64,65)(H4,40,41,44)(H4,42,43,45)/t18-,19-,22-,23-,24-,25-,26-,27-/m0/s1. The van der Waals surface area contributed by atoms with Gasteiger partial charge in [-0.1, -0.05) is 12.1 Å². The quantitative estimate of drug-likeness (QED) is 0.0147. The Balaban J connectivity index is 3.23. The van der Waals surface area contributed by atoms with Crippen molar-refractivity contribution in [1.29, 1.82) is 0 Å². The number of amides is 8. The van der Waals surface area contributed by atoms with Crippen molar-refractivity contribution in [1.82, 2.24) is 42.5 Å². The van der Waals surface area contributed by atoms with Crippen molar-refractivity contribution in [2.75, 3.05) is 37.7 Å². The SMILES string of the molecule is C[C@H](NC(=O)[C@H](CO)NC(=O)[C@H](CCCN=C(N)N)NC(=O)[C@H](CCCN=C(N)N)NC(=O)CNC(=O)[C@H](C)NC(=O)[C@@H](N)CS)C(=O)N[C@@H](Cc1ccc(O)cc1)C(=O)N[C@@H](CS)C(=O)O. The topological polar surface area (TPSA) is 465 Å². The number of phenolic OH excluding ortho intramolecular Hbond substituents is 1. The van der Waals surface area contributed by atoms with E-state index in [-0.39, 0.29) is 74.4 Å². The van der Waals surface area contributed by atoms with Crippen LogP contribution in [-0.2, 0) is 49.6 Å². The summed E-state index contributed by atoms with van der Waals surface area (Å²) in [4.78, 5) is 124. The number of nitrogens with zero attached hydrogens (tertiary/aromatic N) is 2. The van der Waals surface area contributed by atoms with Crippen LogP contribution in [0.5, 0.6) is 5.75 Å². The van der Waals surface area contributed by atoms with Crippen LogP contribution in [0.3, 0.4) is 0 Å². The largest absolute Gasteiger partial charge is 0.508 e. The van der Waals surface area contributed by atoms with Crippen LogP contribution in [0, 0.1) is 0 Å². The number of phenols is 1. The summed E-state index contributed by atoms with van der Waals surface area (Å²) in [6, 6.07) is -5.25. The van der Waals surface area contributed by atoms with Crippen LogP contribution in [0.25, 0.3) is 0 Å². The summed E-state index contributed by atoms with van der Waals surface area (Å²) >= 11 is 7.87. The van der Waals surface area contributed by atoms with Gasteiger partial charge in [0.05, 0.1) is 19.2 Å². The van der Waals surface area contributed by atoms with Gasteiger partial charge >= 0.3 is 5.97 Å². The van der Waals surface area contributed by atoms with Gasteiger partial charge in [-0.25, -0.2) is 4.79 Å². The smallest absolute Gasteiger partial charge is 0.327 e. The first-order valence-corrected chi connectivity index (χ1v) is 21.9. The van der Waals surface area contributed by atoms with Crippen molar-refractivity contribution >= 4 is 90.4 Å². The minimum atomic E-state index is -1.72. The van der Waals surface area contributed by atoms with Crippen LogP contribution in [0.15, 0.2) is 34.3 Å². The molecule has 0 aliphatic rings. The lowest BCUT2D eigenvalue weighted by molar-refractivity contribution is -0.141. The molecule has 8 atom stereocenters. The number of rotatable bonds is 30. The first-order chi connectivity index (χ1) is 31.5. The fourth-order valence-electron chi connectivity index (χ4n) is 5.53. The Morgan fingerprint density at radius 2 is 1.04 bits per heavy atom.